The van der Waals surface area contributed by atoms with Crippen molar-refractivity contribution in [3.63, 3.8) is 0 Å². The number of carbonyl (C=O) groups is 1. The van der Waals surface area contributed by atoms with Crippen LogP contribution in [0.4, 0.5) is 0 Å². The van der Waals surface area contributed by atoms with Crippen LogP contribution in [-0.4, -0.2) is 36.6 Å². The van der Waals surface area contributed by atoms with Crippen LogP contribution in [0.1, 0.15) is 51.0 Å². The lowest BCUT2D eigenvalue weighted by Gasteiger charge is -2.33. The van der Waals surface area contributed by atoms with E-state index in [1.807, 2.05) is 25.1 Å². The highest BCUT2D eigenvalue weighted by molar-refractivity contribution is 5.75. The molecule has 1 aliphatic carbocycles. The highest BCUT2D eigenvalue weighted by Gasteiger charge is 2.30. The van der Waals surface area contributed by atoms with Crippen molar-refractivity contribution < 1.29 is 9.53 Å². The summed E-state index contributed by atoms with van der Waals surface area (Å²) >= 11 is 0. The molecule has 1 saturated carbocycles. The molecule has 1 aliphatic rings. The zero-order valence-corrected chi connectivity index (χ0v) is 15.0. The van der Waals surface area contributed by atoms with Gasteiger partial charge in [-0.3, -0.25) is 9.69 Å². The molecule has 0 spiro atoms. The van der Waals surface area contributed by atoms with Crippen molar-refractivity contribution in [3.8, 4) is 0 Å². The number of benzene rings is 1. The molecule has 1 fully saturated rings. The van der Waals surface area contributed by atoms with Gasteiger partial charge < -0.3 is 10.5 Å². The average Bonchev–Trinajstić information content (AvgIpc) is 2.61. The van der Waals surface area contributed by atoms with Crippen molar-refractivity contribution in [2.45, 2.75) is 58.0 Å². The third kappa shape index (κ3) is 5.91. The van der Waals surface area contributed by atoms with Crippen molar-refractivity contribution in [2.75, 3.05) is 19.7 Å². The normalized spacial score (nSPS) is 17.0. The van der Waals surface area contributed by atoms with Gasteiger partial charge in [0.05, 0.1) is 6.61 Å². The molecule has 0 bridgehead atoms. The lowest BCUT2D eigenvalue weighted by molar-refractivity contribution is -0.150. The molecule has 2 N–H and O–H groups in total. The summed E-state index contributed by atoms with van der Waals surface area (Å²) in [6.45, 7) is 4.31. The Morgan fingerprint density at radius 1 is 1.25 bits per heavy atom. The Labute approximate surface area is 146 Å². The average molecular weight is 332 g/mol. The SMILES string of the molecule is CCOC(=O)C(CC1CCCCC1)N(CCN)Cc1ccccc1. The molecule has 1 unspecified atom stereocenters. The van der Waals surface area contributed by atoms with Crippen molar-refractivity contribution in [1.82, 2.24) is 4.90 Å². The number of carbonyl (C=O) groups excluding carboxylic acids is 1. The number of hydrogen-bond acceptors (Lipinski definition) is 4. The van der Waals surface area contributed by atoms with Gasteiger partial charge in [-0.05, 0) is 24.8 Å². The van der Waals surface area contributed by atoms with Gasteiger partial charge in [0.15, 0.2) is 0 Å². The molecule has 134 valence electrons. The van der Waals surface area contributed by atoms with E-state index in [0.717, 1.165) is 13.0 Å². The van der Waals surface area contributed by atoms with Crippen LogP contribution in [0.15, 0.2) is 30.3 Å². The number of nitrogens with two attached hydrogens (primary N) is 1. The van der Waals surface area contributed by atoms with Crippen LogP contribution < -0.4 is 5.73 Å². The topological polar surface area (TPSA) is 55.6 Å². The first-order chi connectivity index (χ1) is 11.7. The van der Waals surface area contributed by atoms with Gasteiger partial charge in [0.25, 0.3) is 0 Å². The number of hydrogen-bond donors (Lipinski definition) is 1. The Bertz CT molecular complexity index is 472. The number of rotatable bonds is 9. The van der Waals surface area contributed by atoms with Gasteiger partial charge in [-0.15, -0.1) is 0 Å². The first kappa shape index (κ1) is 18.9. The second-order valence-corrected chi connectivity index (χ2v) is 6.75. The fourth-order valence-electron chi connectivity index (χ4n) is 3.70. The minimum Gasteiger partial charge on any atom is -0.465 e. The van der Waals surface area contributed by atoms with Gasteiger partial charge >= 0.3 is 5.97 Å². The molecule has 1 atom stereocenters. The molecule has 1 aromatic carbocycles. The van der Waals surface area contributed by atoms with E-state index in [2.05, 4.69) is 17.0 Å². The first-order valence-electron chi connectivity index (χ1n) is 9.39. The van der Waals surface area contributed by atoms with E-state index in [-0.39, 0.29) is 12.0 Å². The van der Waals surface area contributed by atoms with Crippen LogP contribution in [0.3, 0.4) is 0 Å². The fourth-order valence-corrected chi connectivity index (χ4v) is 3.70. The Morgan fingerprint density at radius 2 is 1.96 bits per heavy atom. The Kier molecular flexibility index (Phi) is 8.26. The van der Waals surface area contributed by atoms with E-state index in [1.165, 1.54) is 37.7 Å². The molecule has 4 nitrogen and oxygen atoms in total. The fraction of sp³-hybridized carbons (Fsp3) is 0.650. The maximum atomic E-state index is 12.6. The minimum absolute atomic E-state index is 0.0903. The molecule has 0 saturated heterocycles. The summed E-state index contributed by atoms with van der Waals surface area (Å²) in [5.41, 5.74) is 7.05. The van der Waals surface area contributed by atoms with E-state index in [9.17, 15) is 4.79 Å². The highest BCUT2D eigenvalue weighted by atomic mass is 16.5. The highest BCUT2D eigenvalue weighted by Crippen LogP contribution is 2.29. The summed E-state index contributed by atoms with van der Waals surface area (Å²) in [6.07, 6.45) is 7.27. The van der Waals surface area contributed by atoms with E-state index in [1.54, 1.807) is 0 Å². The van der Waals surface area contributed by atoms with Crippen LogP contribution in [0.2, 0.25) is 0 Å². The molecular weight excluding hydrogens is 300 g/mol. The molecule has 1 aromatic rings. The van der Waals surface area contributed by atoms with E-state index in [0.29, 0.717) is 25.6 Å². The largest absolute Gasteiger partial charge is 0.465 e. The second-order valence-electron chi connectivity index (χ2n) is 6.75. The summed E-state index contributed by atoms with van der Waals surface area (Å²) < 4.78 is 5.39. The number of nitrogens with zero attached hydrogens (tertiary/aromatic N) is 1. The number of esters is 1. The molecule has 0 heterocycles. The van der Waals surface area contributed by atoms with Gasteiger partial charge in [0.1, 0.15) is 6.04 Å². The standard InChI is InChI=1S/C20H32N2O2/c1-2-24-20(23)19(15-17-9-5-3-6-10-17)22(14-13-21)16-18-11-7-4-8-12-18/h4,7-8,11-12,17,19H,2-3,5-6,9-10,13-16,21H2,1H3. The zero-order valence-electron chi connectivity index (χ0n) is 15.0. The predicted octanol–water partition coefficient (Wildman–Crippen LogP) is 3.35. The Morgan fingerprint density at radius 3 is 2.58 bits per heavy atom. The van der Waals surface area contributed by atoms with Gasteiger partial charge in [-0.25, -0.2) is 0 Å². The van der Waals surface area contributed by atoms with E-state index >= 15 is 0 Å². The van der Waals surface area contributed by atoms with Crippen LogP contribution in [-0.2, 0) is 16.1 Å². The zero-order chi connectivity index (χ0) is 17.2. The van der Waals surface area contributed by atoms with Crippen LogP contribution in [0.5, 0.6) is 0 Å². The van der Waals surface area contributed by atoms with Crippen LogP contribution >= 0.6 is 0 Å². The van der Waals surface area contributed by atoms with Crippen molar-refractivity contribution in [2.24, 2.45) is 11.7 Å². The lowest BCUT2D eigenvalue weighted by Crippen LogP contribution is -2.45. The maximum Gasteiger partial charge on any atom is 0.323 e. The molecule has 0 amide bonds. The van der Waals surface area contributed by atoms with E-state index < -0.39 is 0 Å². The third-order valence-corrected chi connectivity index (χ3v) is 4.93. The molecule has 0 aromatic heterocycles. The molecule has 24 heavy (non-hydrogen) atoms. The van der Waals surface area contributed by atoms with Crippen molar-refractivity contribution >= 4 is 5.97 Å². The molecule has 0 aliphatic heterocycles. The van der Waals surface area contributed by atoms with Gasteiger partial charge in [0, 0.05) is 19.6 Å². The van der Waals surface area contributed by atoms with Crippen molar-refractivity contribution in [3.05, 3.63) is 35.9 Å². The summed E-state index contributed by atoms with van der Waals surface area (Å²) in [4.78, 5) is 14.8. The van der Waals surface area contributed by atoms with Gasteiger partial charge in [-0.2, -0.15) is 0 Å². The maximum absolute atomic E-state index is 12.6. The molecule has 4 heteroatoms. The monoisotopic (exact) mass is 332 g/mol. The molecule has 2 rings (SSSR count). The van der Waals surface area contributed by atoms with Gasteiger partial charge in [-0.1, -0.05) is 62.4 Å². The third-order valence-electron chi connectivity index (χ3n) is 4.93. The summed E-state index contributed by atoms with van der Waals surface area (Å²) in [7, 11) is 0. The quantitative estimate of drug-likeness (QED) is 0.705. The summed E-state index contributed by atoms with van der Waals surface area (Å²) in [5, 5.41) is 0. The Balaban J connectivity index is 2.10. The van der Waals surface area contributed by atoms with Crippen LogP contribution in [0, 0.1) is 5.92 Å². The summed E-state index contributed by atoms with van der Waals surface area (Å²) in [5.74, 6) is 0.539. The second kappa shape index (κ2) is 10.5. The summed E-state index contributed by atoms with van der Waals surface area (Å²) in [6, 6.07) is 10.1. The number of ether oxygens (including phenoxy) is 1. The molecular formula is C20H32N2O2. The Hall–Kier alpha value is -1.39. The predicted molar refractivity (Wildman–Crippen MR) is 97.5 cm³/mol. The molecule has 0 radical (unpaired) electrons. The smallest absolute Gasteiger partial charge is 0.323 e. The minimum atomic E-state index is -0.184. The lowest BCUT2D eigenvalue weighted by atomic mass is 9.84. The van der Waals surface area contributed by atoms with Crippen LogP contribution in [0.25, 0.3) is 0 Å². The first-order valence-corrected chi connectivity index (χ1v) is 9.39. The van der Waals surface area contributed by atoms with Gasteiger partial charge in [0.2, 0.25) is 0 Å². The van der Waals surface area contributed by atoms with E-state index in [4.69, 9.17) is 10.5 Å². The van der Waals surface area contributed by atoms with Crippen molar-refractivity contribution in [1.29, 1.82) is 0 Å².